The van der Waals surface area contributed by atoms with Gasteiger partial charge in [0, 0.05) is 36.8 Å². The summed E-state index contributed by atoms with van der Waals surface area (Å²) >= 11 is 0. The number of rotatable bonds is 2. The van der Waals surface area contributed by atoms with Gasteiger partial charge in [0.1, 0.15) is 6.33 Å². The van der Waals surface area contributed by atoms with Gasteiger partial charge in [0.25, 0.3) is 5.91 Å². The van der Waals surface area contributed by atoms with E-state index < -0.39 is 0 Å². The second kappa shape index (κ2) is 6.48. The van der Waals surface area contributed by atoms with E-state index in [0.717, 1.165) is 34.4 Å². The second-order valence-corrected chi connectivity index (χ2v) is 6.41. The zero-order valence-electron chi connectivity index (χ0n) is 14.1. The summed E-state index contributed by atoms with van der Waals surface area (Å²) in [7, 11) is 0. The molecule has 1 aliphatic rings. The first-order valence-corrected chi connectivity index (χ1v) is 8.45. The first-order valence-electron chi connectivity index (χ1n) is 8.45. The van der Waals surface area contributed by atoms with Crippen molar-refractivity contribution in [3.05, 3.63) is 83.4 Å². The van der Waals surface area contributed by atoms with Crippen LogP contribution in [0.1, 0.15) is 27.2 Å². The summed E-state index contributed by atoms with van der Waals surface area (Å²) in [4.78, 5) is 23.0. The molecule has 3 aromatic rings. The molecule has 0 bridgehead atoms. The molecule has 0 radical (unpaired) electrons. The quantitative estimate of drug-likeness (QED) is 0.721. The molecule has 1 amide bonds. The van der Waals surface area contributed by atoms with Crippen molar-refractivity contribution >= 4 is 5.91 Å². The lowest BCUT2D eigenvalue weighted by Crippen LogP contribution is -2.36. The van der Waals surface area contributed by atoms with Crippen LogP contribution in [0.25, 0.3) is 11.1 Å². The van der Waals surface area contributed by atoms with Crippen LogP contribution in [-0.2, 0) is 13.0 Å². The molecule has 2 heterocycles. The third-order valence-corrected chi connectivity index (χ3v) is 4.66. The standard InChI is InChI=1S/C21H19N3O/c1-15-2-4-16(5-3-15)17-6-8-18(9-7-17)21(25)24-11-10-20-19(13-24)12-22-14-23-20/h2-9,12,14H,10-11,13H2,1H3. The van der Waals surface area contributed by atoms with Crippen LogP contribution in [0.5, 0.6) is 0 Å². The summed E-state index contributed by atoms with van der Waals surface area (Å²) in [5, 5.41) is 0. The minimum absolute atomic E-state index is 0.0601. The molecule has 1 aliphatic heterocycles. The smallest absolute Gasteiger partial charge is 0.254 e. The Bertz CT molecular complexity index is 901. The SMILES string of the molecule is Cc1ccc(-c2ccc(C(=O)N3CCc4ncncc4C3)cc2)cc1. The van der Waals surface area contributed by atoms with Gasteiger partial charge in [0.05, 0.1) is 5.69 Å². The highest BCUT2D eigenvalue weighted by Crippen LogP contribution is 2.22. The number of nitrogens with zero attached hydrogens (tertiary/aromatic N) is 3. The Hall–Kier alpha value is -3.01. The van der Waals surface area contributed by atoms with E-state index in [0.29, 0.717) is 13.1 Å². The van der Waals surface area contributed by atoms with Gasteiger partial charge in [0.15, 0.2) is 0 Å². The lowest BCUT2D eigenvalue weighted by Gasteiger charge is -2.28. The summed E-state index contributed by atoms with van der Waals surface area (Å²) in [6.07, 6.45) is 4.16. The number of amides is 1. The summed E-state index contributed by atoms with van der Waals surface area (Å²) in [6, 6.07) is 16.3. The molecule has 1 aromatic heterocycles. The molecule has 0 atom stereocenters. The first-order chi connectivity index (χ1) is 12.2. The molecule has 0 fully saturated rings. The molecule has 0 unspecified atom stereocenters. The summed E-state index contributed by atoms with van der Waals surface area (Å²) in [5.41, 5.74) is 6.33. The first kappa shape index (κ1) is 15.5. The van der Waals surface area contributed by atoms with Gasteiger partial charge in [-0.05, 0) is 30.2 Å². The number of hydrogen-bond acceptors (Lipinski definition) is 3. The monoisotopic (exact) mass is 329 g/mol. The van der Waals surface area contributed by atoms with Crippen LogP contribution in [0.15, 0.2) is 61.1 Å². The number of aryl methyl sites for hydroxylation is 1. The summed E-state index contributed by atoms with van der Waals surface area (Å²) in [5.74, 6) is 0.0601. The maximum atomic E-state index is 12.8. The Kier molecular flexibility index (Phi) is 4.02. The highest BCUT2D eigenvalue weighted by atomic mass is 16.2. The maximum Gasteiger partial charge on any atom is 0.254 e. The molecule has 0 aliphatic carbocycles. The van der Waals surface area contributed by atoms with E-state index in [1.165, 1.54) is 5.56 Å². The number of fused-ring (bicyclic) bond motifs is 1. The predicted molar refractivity (Wildman–Crippen MR) is 97.1 cm³/mol. The molecular weight excluding hydrogens is 310 g/mol. The van der Waals surface area contributed by atoms with Crippen LogP contribution in [0.2, 0.25) is 0 Å². The van der Waals surface area contributed by atoms with Gasteiger partial charge in [-0.25, -0.2) is 9.97 Å². The Labute approximate surface area is 147 Å². The van der Waals surface area contributed by atoms with Crippen LogP contribution < -0.4 is 0 Å². The fraction of sp³-hybridized carbons (Fsp3) is 0.190. The van der Waals surface area contributed by atoms with Gasteiger partial charge in [0.2, 0.25) is 0 Å². The van der Waals surface area contributed by atoms with E-state index >= 15 is 0 Å². The van der Waals surface area contributed by atoms with Crippen molar-refractivity contribution in [3.63, 3.8) is 0 Å². The average Bonchev–Trinajstić information content (AvgIpc) is 2.68. The fourth-order valence-corrected chi connectivity index (χ4v) is 3.17. The van der Waals surface area contributed by atoms with E-state index in [-0.39, 0.29) is 5.91 Å². The molecule has 0 saturated heterocycles. The van der Waals surface area contributed by atoms with Gasteiger partial charge >= 0.3 is 0 Å². The lowest BCUT2D eigenvalue weighted by atomic mass is 10.0. The summed E-state index contributed by atoms with van der Waals surface area (Å²) < 4.78 is 0. The predicted octanol–water partition coefficient (Wildman–Crippen LogP) is 3.65. The van der Waals surface area contributed by atoms with Crippen molar-refractivity contribution in [2.75, 3.05) is 6.54 Å². The number of carbonyl (C=O) groups excluding carboxylic acids is 1. The topological polar surface area (TPSA) is 46.1 Å². The molecule has 0 spiro atoms. The fourth-order valence-electron chi connectivity index (χ4n) is 3.17. The van der Waals surface area contributed by atoms with Crippen molar-refractivity contribution in [1.29, 1.82) is 0 Å². The Morgan fingerprint density at radius 1 is 1.00 bits per heavy atom. The normalized spacial score (nSPS) is 13.4. The van der Waals surface area contributed by atoms with Crippen molar-refractivity contribution in [2.45, 2.75) is 19.9 Å². The second-order valence-electron chi connectivity index (χ2n) is 6.41. The van der Waals surface area contributed by atoms with Gasteiger partial charge in [-0.3, -0.25) is 4.79 Å². The molecule has 4 heteroatoms. The Morgan fingerprint density at radius 3 is 2.40 bits per heavy atom. The van der Waals surface area contributed by atoms with Crippen molar-refractivity contribution in [2.24, 2.45) is 0 Å². The van der Waals surface area contributed by atoms with Crippen LogP contribution in [0, 0.1) is 6.92 Å². The van der Waals surface area contributed by atoms with Crippen molar-refractivity contribution in [1.82, 2.24) is 14.9 Å². The molecule has 4 rings (SSSR count). The van der Waals surface area contributed by atoms with E-state index in [9.17, 15) is 4.79 Å². The zero-order valence-corrected chi connectivity index (χ0v) is 14.1. The van der Waals surface area contributed by atoms with Crippen LogP contribution in [0.3, 0.4) is 0 Å². The minimum atomic E-state index is 0.0601. The molecule has 25 heavy (non-hydrogen) atoms. The minimum Gasteiger partial charge on any atom is -0.334 e. The van der Waals surface area contributed by atoms with Crippen LogP contribution in [0.4, 0.5) is 0 Å². The molecule has 124 valence electrons. The Morgan fingerprint density at radius 2 is 1.68 bits per heavy atom. The highest BCUT2D eigenvalue weighted by Gasteiger charge is 2.22. The number of benzene rings is 2. The van der Waals surface area contributed by atoms with Gasteiger partial charge in [-0.1, -0.05) is 42.0 Å². The van der Waals surface area contributed by atoms with Crippen molar-refractivity contribution < 1.29 is 4.79 Å². The van der Waals surface area contributed by atoms with E-state index in [1.54, 1.807) is 6.33 Å². The molecule has 0 N–H and O–H groups in total. The zero-order chi connectivity index (χ0) is 17.2. The number of aromatic nitrogens is 2. The van der Waals surface area contributed by atoms with Crippen LogP contribution in [-0.4, -0.2) is 27.3 Å². The molecule has 4 nitrogen and oxygen atoms in total. The molecule has 0 saturated carbocycles. The number of hydrogen-bond donors (Lipinski definition) is 0. The maximum absolute atomic E-state index is 12.8. The van der Waals surface area contributed by atoms with Gasteiger partial charge in [-0.15, -0.1) is 0 Å². The average molecular weight is 329 g/mol. The third-order valence-electron chi connectivity index (χ3n) is 4.66. The lowest BCUT2D eigenvalue weighted by molar-refractivity contribution is 0.0733. The van der Waals surface area contributed by atoms with Gasteiger partial charge in [-0.2, -0.15) is 0 Å². The van der Waals surface area contributed by atoms with E-state index in [1.807, 2.05) is 35.4 Å². The third kappa shape index (κ3) is 3.15. The van der Waals surface area contributed by atoms with Crippen molar-refractivity contribution in [3.8, 4) is 11.1 Å². The number of carbonyl (C=O) groups is 1. The summed E-state index contributed by atoms with van der Waals surface area (Å²) in [6.45, 7) is 3.35. The highest BCUT2D eigenvalue weighted by molar-refractivity contribution is 5.94. The largest absolute Gasteiger partial charge is 0.334 e. The molecular formula is C21H19N3O. The van der Waals surface area contributed by atoms with E-state index in [2.05, 4.69) is 41.2 Å². The molecule has 2 aromatic carbocycles. The Balaban J connectivity index is 1.52. The van der Waals surface area contributed by atoms with Gasteiger partial charge < -0.3 is 4.90 Å². The van der Waals surface area contributed by atoms with E-state index in [4.69, 9.17) is 0 Å². The van der Waals surface area contributed by atoms with Crippen LogP contribution >= 0.6 is 0 Å².